The Labute approximate surface area is 117 Å². The number of benzene rings is 1. The second-order valence-electron chi connectivity index (χ2n) is 4.04. The lowest BCUT2D eigenvalue weighted by Gasteiger charge is -2.09. The van der Waals surface area contributed by atoms with Crippen LogP contribution in [0.3, 0.4) is 0 Å². The fourth-order valence-electron chi connectivity index (χ4n) is 1.53. The van der Waals surface area contributed by atoms with E-state index in [4.69, 9.17) is 4.74 Å². The molecule has 0 aliphatic carbocycles. The SMILES string of the molecule is CNC(=O)COc1cccc(NCc2ccncn2)c1. The number of nitrogens with one attached hydrogen (secondary N) is 2. The van der Waals surface area contributed by atoms with Crippen LogP contribution in [-0.2, 0) is 11.3 Å². The molecule has 0 aliphatic heterocycles. The van der Waals surface area contributed by atoms with E-state index < -0.39 is 0 Å². The molecular formula is C14H16N4O2. The second-order valence-corrected chi connectivity index (χ2v) is 4.04. The van der Waals surface area contributed by atoms with Gasteiger partial charge in [-0.3, -0.25) is 4.79 Å². The number of aromatic nitrogens is 2. The molecule has 2 rings (SSSR count). The highest BCUT2D eigenvalue weighted by Crippen LogP contribution is 2.17. The van der Waals surface area contributed by atoms with Crippen LogP contribution in [0.1, 0.15) is 5.69 Å². The number of anilines is 1. The Morgan fingerprint density at radius 3 is 3.00 bits per heavy atom. The molecule has 2 N–H and O–H groups in total. The molecule has 0 radical (unpaired) electrons. The van der Waals surface area contributed by atoms with E-state index in [-0.39, 0.29) is 12.5 Å². The number of hydrogen-bond donors (Lipinski definition) is 2. The lowest BCUT2D eigenvalue weighted by molar-refractivity contribution is -0.122. The van der Waals surface area contributed by atoms with E-state index in [0.29, 0.717) is 12.3 Å². The number of carbonyl (C=O) groups is 1. The van der Waals surface area contributed by atoms with Crippen LogP contribution in [0.25, 0.3) is 0 Å². The highest BCUT2D eigenvalue weighted by molar-refractivity contribution is 5.77. The molecule has 0 bridgehead atoms. The Balaban J connectivity index is 1.90. The molecule has 0 saturated heterocycles. The van der Waals surface area contributed by atoms with Gasteiger partial charge in [0.1, 0.15) is 12.1 Å². The lowest BCUT2D eigenvalue weighted by atomic mass is 10.3. The molecule has 1 amide bonds. The van der Waals surface area contributed by atoms with Crippen LogP contribution >= 0.6 is 0 Å². The van der Waals surface area contributed by atoms with Gasteiger partial charge in [0, 0.05) is 25.0 Å². The molecule has 0 unspecified atom stereocenters. The Hall–Kier alpha value is -2.63. The maximum Gasteiger partial charge on any atom is 0.257 e. The van der Waals surface area contributed by atoms with Crippen LogP contribution in [0.4, 0.5) is 5.69 Å². The normalized spacial score (nSPS) is 9.85. The van der Waals surface area contributed by atoms with Gasteiger partial charge in [-0.2, -0.15) is 0 Å². The summed E-state index contributed by atoms with van der Waals surface area (Å²) in [6.45, 7) is 0.604. The molecule has 6 nitrogen and oxygen atoms in total. The first kappa shape index (κ1) is 13.8. The molecule has 0 saturated carbocycles. The topological polar surface area (TPSA) is 76.1 Å². The zero-order chi connectivity index (χ0) is 14.2. The first-order valence-electron chi connectivity index (χ1n) is 6.20. The van der Waals surface area contributed by atoms with Crippen molar-refractivity contribution in [3.63, 3.8) is 0 Å². The van der Waals surface area contributed by atoms with Gasteiger partial charge >= 0.3 is 0 Å². The van der Waals surface area contributed by atoms with Gasteiger partial charge < -0.3 is 15.4 Å². The van der Waals surface area contributed by atoms with Crippen LogP contribution in [-0.4, -0.2) is 29.5 Å². The molecule has 1 aromatic carbocycles. The van der Waals surface area contributed by atoms with Gasteiger partial charge in [0.05, 0.1) is 12.2 Å². The summed E-state index contributed by atoms with van der Waals surface area (Å²) in [5.41, 5.74) is 1.80. The molecule has 1 aromatic heterocycles. The van der Waals surface area contributed by atoms with Gasteiger partial charge in [0.2, 0.25) is 0 Å². The van der Waals surface area contributed by atoms with E-state index in [1.165, 1.54) is 6.33 Å². The second kappa shape index (κ2) is 7.08. The standard InChI is InChI=1S/C14H16N4O2/c1-15-14(19)9-20-13-4-2-3-11(7-13)17-8-12-5-6-16-10-18-12/h2-7,10,17H,8-9H2,1H3,(H,15,19). The summed E-state index contributed by atoms with van der Waals surface area (Å²) in [7, 11) is 1.57. The average Bonchev–Trinajstić information content (AvgIpc) is 2.52. The van der Waals surface area contributed by atoms with E-state index in [1.807, 2.05) is 24.3 Å². The number of carbonyl (C=O) groups excluding carboxylic acids is 1. The van der Waals surface area contributed by atoms with Crippen LogP contribution in [0.5, 0.6) is 5.75 Å². The summed E-state index contributed by atoms with van der Waals surface area (Å²) in [4.78, 5) is 19.1. The Morgan fingerprint density at radius 1 is 1.35 bits per heavy atom. The van der Waals surface area contributed by atoms with Gasteiger partial charge in [0.15, 0.2) is 6.61 Å². The minimum absolute atomic E-state index is 0.00582. The first-order valence-corrected chi connectivity index (χ1v) is 6.20. The first-order chi connectivity index (χ1) is 9.78. The fraction of sp³-hybridized carbons (Fsp3) is 0.214. The highest BCUT2D eigenvalue weighted by Gasteiger charge is 2.01. The molecule has 0 atom stereocenters. The van der Waals surface area contributed by atoms with Crippen LogP contribution < -0.4 is 15.4 Å². The van der Waals surface area contributed by atoms with Gasteiger partial charge in [-0.25, -0.2) is 9.97 Å². The number of amides is 1. The molecule has 0 aliphatic rings. The van der Waals surface area contributed by atoms with Crippen molar-refractivity contribution < 1.29 is 9.53 Å². The van der Waals surface area contributed by atoms with Crippen molar-refractivity contribution in [3.8, 4) is 5.75 Å². The summed E-state index contributed by atoms with van der Waals surface area (Å²) in [5.74, 6) is 0.477. The van der Waals surface area contributed by atoms with Crippen molar-refractivity contribution in [2.24, 2.45) is 0 Å². The lowest BCUT2D eigenvalue weighted by Crippen LogP contribution is -2.24. The Bertz CT molecular complexity index is 560. The Morgan fingerprint density at radius 2 is 2.25 bits per heavy atom. The number of likely N-dealkylation sites (N-methyl/N-ethyl adjacent to an activating group) is 1. The van der Waals surface area contributed by atoms with Crippen molar-refractivity contribution >= 4 is 11.6 Å². The van der Waals surface area contributed by atoms with Gasteiger partial charge in [-0.15, -0.1) is 0 Å². The smallest absolute Gasteiger partial charge is 0.257 e. The summed E-state index contributed by atoms with van der Waals surface area (Å²) in [5, 5.41) is 5.73. The van der Waals surface area contributed by atoms with Gasteiger partial charge in [0.25, 0.3) is 5.91 Å². The maximum atomic E-state index is 11.1. The molecule has 104 valence electrons. The average molecular weight is 272 g/mol. The van der Waals surface area contributed by atoms with E-state index >= 15 is 0 Å². The molecule has 6 heteroatoms. The van der Waals surface area contributed by atoms with Crippen molar-refractivity contribution in [3.05, 3.63) is 48.5 Å². The number of hydrogen-bond acceptors (Lipinski definition) is 5. The number of rotatable bonds is 6. The summed E-state index contributed by atoms with van der Waals surface area (Å²) < 4.78 is 5.37. The third-order valence-electron chi connectivity index (χ3n) is 2.60. The van der Waals surface area contributed by atoms with E-state index in [9.17, 15) is 4.79 Å². The zero-order valence-electron chi connectivity index (χ0n) is 11.2. The molecule has 0 spiro atoms. The largest absolute Gasteiger partial charge is 0.484 e. The number of ether oxygens (including phenoxy) is 1. The molecule has 2 aromatic rings. The van der Waals surface area contributed by atoms with E-state index in [0.717, 1.165) is 11.4 Å². The van der Waals surface area contributed by atoms with Crippen LogP contribution in [0, 0.1) is 0 Å². The molecule has 1 heterocycles. The zero-order valence-corrected chi connectivity index (χ0v) is 11.2. The summed E-state index contributed by atoms with van der Waals surface area (Å²) >= 11 is 0. The van der Waals surface area contributed by atoms with Crippen molar-refractivity contribution in [1.29, 1.82) is 0 Å². The predicted molar refractivity (Wildman–Crippen MR) is 75.4 cm³/mol. The van der Waals surface area contributed by atoms with Gasteiger partial charge in [-0.1, -0.05) is 6.07 Å². The van der Waals surface area contributed by atoms with Crippen LogP contribution in [0.2, 0.25) is 0 Å². The van der Waals surface area contributed by atoms with Crippen LogP contribution in [0.15, 0.2) is 42.9 Å². The quantitative estimate of drug-likeness (QED) is 0.826. The predicted octanol–water partition coefficient (Wildman–Crippen LogP) is 1.21. The monoisotopic (exact) mass is 272 g/mol. The van der Waals surface area contributed by atoms with Crippen molar-refractivity contribution in [2.75, 3.05) is 19.0 Å². The number of nitrogens with zero attached hydrogens (tertiary/aromatic N) is 2. The summed E-state index contributed by atoms with van der Waals surface area (Å²) in [6, 6.07) is 9.28. The maximum absolute atomic E-state index is 11.1. The third-order valence-corrected chi connectivity index (χ3v) is 2.60. The molecule has 0 fully saturated rings. The molecule has 20 heavy (non-hydrogen) atoms. The fourth-order valence-corrected chi connectivity index (χ4v) is 1.53. The highest BCUT2D eigenvalue weighted by atomic mass is 16.5. The Kier molecular flexibility index (Phi) is 4.88. The van der Waals surface area contributed by atoms with E-state index in [1.54, 1.807) is 19.3 Å². The van der Waals surface area contributed by atoms with Crippen molar-refractivity contribution in [1.82, 2.24) is 15.3 Å². The van der Waals surface area contributed by atoms with Crippen molar-refractivity contribution in [2.45, 2.75) is 6.54 Å². The third kappa shape index (κ3) is 4.24. The minimum Gasteiger partial charge on any atom is -0.484 e. The minimum atomic E-state index is -0.163. The molecular weight excluding hydrogens is 256 g/mol. The van der Waals surface area contributed by atoms with E-state index in [2.05, 4.69) is 20.6 Å². The summed E-state index contributed by atoms with van der Waals surface area (Å²) in [6.07, 6.45) is 3.22. The van der Waals surface area contributed by atoms with Gasteiger partial charge in [-0.05, 0) is 18.2 Å².